The molecular weight excluding hydrogens is 428 g/mol. The minimum atomic E-state index is -0.499. The van der Waals surface area contributed by atoms with Crippen molar-refractivity contribution in [2.45, 2.75) is 6.92 Å². The molecule has 0 radical (unpaired) electrons. The molecule has 1 aromatic heterocycles. The standard InChI is InChI=1S/C17H10Br2O4/c1-9-4-16(20)23-15-8-13(2-3-14(9)15)22-17(21)10-5-11(18)7-12(19)6-10/h2-8H,1H3. The molecule has 3 rings (SSSR count). The van der Waals surface area contributed by atoms with Gasteiger partial charge in [0.05, 0.1) is 5.56 Å². The van der Waals surface area contributed by atoms with Crippen LogP contribution < -0.4 is 10.4 Å². The molecule has 6 heteroatoms. The number of halogens is 2. The Morgan fingerprint density at radius 1 is 1.04 bits per heavy atom. The van der Waals surface area contributed by atoms with E-state index >= 15 is 0 Å². The lowest BCUT2D eigenvalue weighted by Crippen LogP contribution is -2.08. The first-order chi connectivity index (χ1) is 10.9. The van der Waals surface area contributed by atoms with E-state index in [1.165, 1.54) is 12.1 Å². The largest absolute Gasteiger partial charge is 0.423 e. The van der Waals surface area contributed by atoms with Crippen LogP contribution in [-0.4, -0.2) is 5.97 Å². The third kappa shape index (κ3) is 3.54. The van der Waals surface area contributed by atoms with Crippen LogP contribution in [0.5, 0.6) is 5.75 Å². The zero-order chi connectivity index (χ0) is 16.6. The topological polar surface area (TPSA) is 56.5 Å². The quantitative estimate of drug-likeness (QED) is 0.327. The van der Waals surface area contributed by atoms with E-state index in [9.17, 15) is 9.59 Å². The van der Waals surface area contributed by atoms with Gasteiger partial charge in [-0.05, 0) is 42.8 Å². The fourth-order valence-corrected chi connectivity index (χ4v) is 3.50. The van der Waals surface area contributed by atoms with Crippen LogP contribution >= 0.6 is 31.9 Å². The average Bonchev–Trinajstić information content (AvgIpc) is 2.45. The van der Waals surface area contributed by atoms with Crippen molar-refractivity contribution in [2.75, 3.05) is 0 Å². The second kappa shape index (κ2) is 6.29. The molecule has 0 fully saturated rings. The molecule has 0 spiro atoms. The Hall–Kier alpha value is -1.92. The third-order valence-electron chi connectivity index (χ3n) is 3.23. The Morgan fingerprint density at radius 3 is 2.43 bits per heavy atom. The second-order valence-electron chi connectivity index (χ2n) is 4.95. The summed E-state index contributed by atoms with van der Waals surface area (Å²) in [6.07, 6.45) is 0. The molecule has 0 amide bonds. The molecule has 0 bridgehead atoms. The Bertz CT molecular complexity index is 956. The normalized spacial score (nSPS) is 10.7. The number of esters is 1. The molecule has 3 aromatic rings. The van der Waals surface area contributed by atoms with Crippen LogP contribution in [0, 0.1) is 6.92 Å². The highest BCUT2D eigenvalue weighted by atomic mass is 79.9. The van der Waals surface area contributed by atoms with E-state index in [0.29, 0.717) is 16.9 Å². The van der Waals surface area contributed by atoms with Crippen molar-refractivity contribution < 1.29 is 13.9 Å². The Labute approximate surface area is 148 Å². The van der Waals surface area contributed by atoms with Gasteiger partial charge in [0, 0.05) is 26.5 Å². The number of aryl methyl sites for hydroxylation is 1. The lowest BCUT2D eigenvalue weighted by atomic mass is 10.1. The maximum atomic E-state index is 12.2. The Morgan fingerprint density at radius 2 is 1.74 bits per heavy atom. The van der Waals surface area contributed by atoms with Crippen LogP contribution in [0.3, 0.4) is 0 Å². The fourth-order valence-electron chi connectivity index (χ4n) is 2.21. The lowest BCUT2D eigenvalue weighted by molar-refractivity contribution is 0.0735. The summed E-state index contributed by atoms with van der Waals surface area (Å²) in [6.45, 7) is 1.82. The Kier molecular flexibility index (Phi) is 4.37. The predicted molar refractivity (Wildman–Crippen MR) is 94.0 cm³/mol. The van der Waals surface area contributed by atoms with Crippen LogP contribution in [0.2, 0.25) is 0 Å². The number of ether oxygens (including phenoxy) is 1. The number of carbonyl (C=O) groups is 1. The highest BCUT2D eigenvalue weighted by Crippen LogP contribution is 2.24. The van der Waals surface area contributed by atoms with Gasteiger partial charge in [0.25, 0.3) is 0 Å². The van der Waals surface area contributed by atoms with Gasteiger partial charge in [-0.2, -0.15) is 0 Å². The molecule has 0 saturated heterocycles. The van der Waals surface area contributed by atoms with Crippen molar-refractivity contribution in [1.29, 1.82) is 0 Å². The van der Waals surface area contributed by atoms with Gasteiger partial charge in [-0.3, -0.25) is 0 Å². The second-order valence-corrected chi connectivity index (χ2v) is 6.79. The van der Waals surface area contributed by atoms with Crippen molar-refractivity contribution >= 4 is 48.8 Å². The van der Waals surface area contributed by atoms with Gasteiger partial charge < -0.3 is 9.15 Å². The van der Waals surface area contributed by atoms with E-state index in [0.717, 1.165) is 19.9 Å². The zero-order valence-corrected chi connectivity index (χ0v) is 15.1. The molecule has 0 aliphatic carbocycles. The van der Waals surface area contributed by atoms with Crippen molar-refractivity contribution in [1.82, 2.24) is 0 Å². The molecule has 1 heterocycles. The molecule has 0 saturated carbocycles. The minimum Gasteiger partial charge on any atom is -0.423 e. The summed E-state index contributed by atoms with van der Waals surface area (Å²) in [6, 6.07) is 11.5. The molecule has 4 nitrogen and oxygen atoms in total. The summed E-state index contributed by atoms with van der Waals surface area (Å²) >= 11 is 6.66. The van der Waals surface area contributed by atoms with Crippen LogP contribution in [0.15, 0.2) is 60.6 Å². The average molecular weight is 438 g/mol. The molecular formula is C17H10Br2O4. The molecule has 0 unspecified atom stereocenters. The molecule has 23 heavy (non-hydrogen) atoms. The van der Waals surface area contributed by atoms with Gasteiger partial charge in [0.2, 0.25) is 0 Å². The van der Waals surface area contributed by atoms with Gasteiger partial charge in [-0.25, -0.2) is 9.59 Å². The maximum Gasteiger partial charge on any atom is 0.343 e. The summed E-state index contributed by atoms with van der Waals surface area (Å²) in [5, 5.41) is 0.801. The van der Waals surface area contributed by atoms with Crippen LogP contribution in [0.1, 0.15) is 15.9 Å². The summed E-state index contributed by atoms with van der Waals surface area (Å²) in [4.78, 5) is 23.7. The van der Waals surface area contributed by atoms with Crippen LogP contribution in [0.4, 0.5) is 0 Å². The SMILES string of the molecule is Cc1cc(=O)oc2cc(OC(=O)c3cc(Br)cc(Br)c3)ccc12. The van der Waals surface area contributed by atoms with E-state index in [4.69, 9.17) is 9.15 Å². The van der Waals surface area contributed by atoms with E-state index < -0.39 is 11.6 Å². The van der Waals surface area contributed by atoms with E-state index in [1.807, 2.05) is 13.0 Å². The van der Waals surface area contributed by atoms with Gasteiger partial charge in [-0.1, -0.05) is 31.9 Å². The number of carbonyl (C=O) groups excluding carboxylic acids is 1. The van der Waals surface area contributed by atoms with Gasteiger partial charge in [-0.15, -0.1) is 0 Å². The summed E-state index contributed by atoms with van der Waals surface area (Å²) in [5.74, 6) is -0.186. The van der Waals surface area contributed by atoms with Crippen molar-refractivity contribution in [3.8, 4) is 5.75 Å². The number of benzene rings is 2. The summed E-state index contributed by atoms with van der Waals surface area (Å²) in [7, 11) is 0. The number of hydrogen-bond donors (Lipinski definition) is 0. The number of fused-ring (bicyclic) bond motifs is 1. The molecule has 116 valence electrons. The number of rotatable bonds is 2. The number of hydrogen-bond acceptors (Lipinski definition) is 4. The van der Waals surface area contributed by atoms with E-state index in [-0.39, 0.29) is 0 Å². The zero-order valence-electron chi connectivity index (χ0n) is 11.9. The first-order valence-electron chi connectivity index (χ1n) is 6.65. The van der Waals surface area contributed by atoms with Crippen molar-refractivity contribution in [2.24, 2.45) is 0 Å². The summed E-state index contributed by atoms with van der Waals surface area (Å²) < 4.78 is 12.0. The first-order valence-corrected chi connectivity index (χ1v) is 8.24. The molecule has 2 aromatic carbocycles. The van der Waals surface area contributed by atoms with E-state index in [2.05, 4.69) is 31.9 Å². The third-order valence-corrected chi connectivity index (χ3v) is 4.15. The first kappa shape index (κ1) is 16.0. The van der Waals surface area contributed by atoms with Gasteiger partial charge >= 0.3 is 11.6 Å². The van der Waals surface area contributed by atoms with Crippen molar-refractivity contribution in [3.05, 3.63) is 73.0 Å². The van der Waals surface area contributed by atoms with Gasteiger partial charge in [0.15, 0.2) is 0 Å². The fraction of sp³-hybridized carbons (Fsp3) is 0.0588. The van der Waals surface area contributed by atoms with Crippen molar-refractivity contribution in [3.63, 3.8) is 0 Å². The molecule has 0 atom stereocenters. The molecule has 0 aliphatic heterocycles. The predicted octanol–water partition coefficient (Wildman–Crippen LogP) is 4.85. The highest BCUT2D eigenvalue weighted by Gasteiger charge is 2.12. The van der Waals surface area contributed by atoms with Gasteiger partial charge in [0.1, 0.15) is 11.3 Å². The maximum absolute atomic E-state index is 12.2. The monoisotopic (exact) mass is 436 g/mol. The highest BCUT2D eigenvalue weighted by molar-refractivity contribution is 9.11. The summed E-state index contributed by atoms with van der Waals surface area (Å²) in [5.41, 5.74) is 1.16. The van der Waals surface area contributed by atoms with Crippen LogP contribution in [-0.2, 0) is 0 Å². The van der Waals surface area contributed by atoms with Crippen LogP contribution in [0.25, 0.3) is 11.0 Å². The lowest BCUT2D eigenvalue weighted by Gasteiger charge is -2.07. The minimum absolute atomic E-state index is 0.312. The molecule has 0 N–H and O–H groups in total. The van der Waals surface area contributed by atoms with E-state index in [1.54, 1.807) is 24.3 Å². The molecule has 0 aliphatic rings. The Balaban J connectivity index is 1.95. The smallest absolute Gasteiger partial charge is 0.343 e.